The number of nitrogens with two attached hydrogens (primary N) is 1. The Hall–Kier alpha value is -0.650. The van der Waals surface area contributed by atoms with Crippen molar-refractivity contribution < 1.29 is 9.53 Å². The first-order valence-corrected chi connectivity index (χ1v) is 5.55. The summed E-state index contributed by atoms with van der Waals surface area (Å²) in [6.45, 7) is 7.10. The molecule has 0 aromatic rings. The van der Waals surface area contributed by atoms with Crippen molar-refractivity contribution >= 4 is 5.91 Å². The summed E-state index contributed by atoms with van der Waals surface area (Å²) >= 11 is 0. The number of carbonyl (C=O) groups excluding carboxylic acids is 1. The summed E-state index contributed by atoms with van der Waals surface area (Å²) in [5, 5.41) is 2.78. The first-order valence-electron chi connectivity index (χ1n) is 5.55. The van der Waals surface area contributed by atoms with Crippen LogP contribution < -0.4 is 11.1 Å². The second-order valence-corrected chi connectivity index (χ2v) is 4.88. The lowest BCUT2D eigenvalue weighted by molar-refractivity contribution is -0.122. The van der Waals surface area contributed by atoms with Crippen molar-refractivity contribution in [3.63, 3.8) is 0 Å². The largest absolute Gasteiger partial charge is 0.383 e. The SMILES string of the molecule is COCCNC(=O)CN(C)CC(C)(C)CN. The zero-order valence-electron chi connectivity index (χ0n) is 10.9. The van der Waals surface area contributed by atoms with E-state index in [1.165, 1.54) is 0 Å². The van der Waals surface area contributed by atoms with E-state index in [1.54, 1.807) is 7.11 Å². The predicted molar refractivity (Wildman–Crippen MR) is 65.2 cm³/mol. The van der Waals surface area contributed by atoms with Gasteiger partial charge < -0.3 is 15.8 Å². The molecule has 0 bridgehead atoms. The maximum absolute atomic E-state index is 11.5. The molecule has 0 aromatic carbocycles. The number of carbonyl (C=O) groups is 1. The predicted octanol–water partition coefficient (Wildman–Crippen LogP) is -0.334. The van der Waals surface area contributed by atoms with Crippen molar-refractivity contribution in [1.82, 2.24) is 10.2 Å². The topological polar surface area (TPSA) is 67.6 Å². The molecular weight excluding hydrogens is 206 g/mol. The molecule has 0 aliphatic heterocycles. The van der Waals surface area contributed by atoms with E-state index < -0.39 is 0 Å². The summed E-state index contributed by atoms with van der Waals surface area (Å²) in [5.74, 6) is 0.0207. The number of hydrogen-bond acceptors (Lipinski definition) is 4. The molecule has 0 aromatic heterocycles. The summed E-state index contributed by atoms with van der Waals surface area (Å²) in [5.41, 5.74) is 5.68. The van der Waals surface area contributed by atoms with E-state index in [-0.39, 0.29) is 11.3 Å². The van der Waals surface area contributed by atoms with Crippen LogP contribution in [0.3, 0.4) is 0 Å². The van der Waals surface area contributed by atoms with E-state index in [0.29, 0.717) is 26.2 Å². The first-order chi connectivity index (χ1) is 7.41. The highest BCUT2D eigenvalue weighted by atomic mass is 16.5. The Bertz CT molecular complexity index is 207. The smallest absolute Gasteiger partial charge is 0.234 e. The first kappa shape index (κ1) is 15.3. The zero-order valence-corrected chi connectivity index (χ0v) is 10.9. The van der Waals surface area contributed by atoms with Crippen LogP contribution in [0.5, 0.6) is 0 Å². The van der Waals surface area contributed by atoms with E-state index in [1.807, 2.05) is 11.9 Å². The van der Waals surface area contributed by atoms with Crippen molar-refractivity contribution in [2.75, 3.05) is 46.9 Å². The monoisotopic (exact) mass is 231 g/mol. The standard InChI is InChI=1S/C11H25N3O2/c1-11(2,8-12)9-14(3)7-10(15)13-5-6-16-4/h5-9,12H2,1-4H3,(H,13,15). The summed E-state index contributed by atoms with van der Waals surface area (Å²) in [6.07, 6.45) is 0. The minimum absolute atomic E-state index is 0.0207. The van der Waals surface area contributed by atoms with Gasteiger partial charge in [0, 0.05) is 20.2 Å². The van der Waals surface area contributed by atoms with E-state index in [2.05, 4.69) is 19.2 Å². The normalized spacial score (nSPS) is 11.9. The quantitative estimate of drug-likeness (QED) is 0.561. The van der Waals surface area contributed by atoms with Gasteiger partial charge in [0.1, 0.15) is 0 Å². The van der Waals surface area contributed by atoms with Gasteiger partial charge in [-0.15, -0.1) is 0 Å². The Morgan fingerprint density at radius 2 is 2.12 bits per heavy atom. The summed E-state index contributed by atoms with van der Waals surface area (Å²) in [7, 11) is 3.54. The van der Waals surface area contributed by atoms with Crippen LogP contribution in [-0.2, 0) is 9.53 Å². The van der Waals surface area contributed by atoms with Crippen molar-refractivity contribution in [3.05, 3.63) is 0 Å². The van der Waals surface area contributed by atoms with Crippen LogP contribution >= 0.6 is 0 Å². The molecule has 0 unspecified atom stereocenters. The van der Waals surface area contributed by atoms with Gasteiger partial charge >= 0.3 is 0 Å². The summed E-state index contributed by atoms with van der Waals surface area (Å²) in [6, 6.07) is 0. The number of nitrogens with one attached hydrogen (secondary N) is 1. The lowest BCUT2D eigenvalue weighted by atomic mass is 9.93. The Balaban J connectivity index is 3.78. The molecule has 96 valence electrons. The molecule has 0 saturated carbocycles. The van der Waals surface area contributed by atoms with Gasteiger partial charge in [0.25, 0.3) is 0 Å². The molecule has 0 atom stereocenters. The van der Waals surface area contributed by atoms with Crippen LogP contribution in [0.4, 0.5) is 0 Å². The molecule has 0 saturated heterocycles. The average Bonchev–Trinajstić information content (AvgIpc) is 2.17. The molecule has 1 amide bonds. The van der Waals surface area contributed by atoms with Crippen molar-refractivity contribution in [2.24, 2.45) is 11.1 Å². The molecule has 3 N–H and O–H groups in total. The number of nitrogens with zero attached hydrogens (tertiary/aromatic N) is 1. The lowest BCUT2D eigenvalue weighted by Gasteiger charge is -2.28. The van der Waals surface area contributed by atoms with E-state index in [0.717, 1.165) is 6.54 Å². The highest BCUT2D eigenvalue weighted by molar-refractivity contribution is 5.77. The van der Waals surface area contributed by atoms with Gasteiger partial charge in [-0.2, -0.15) is 0 Å². The highest BCUT2D eigenvalue weighted by Gasteiger charge is 2.19. The van der Waals surface area contributed by atoms with Crippen molar-refractivity contribution in [2.45, 2.75) is 13.8 Å². The molecule has 16 heavy (non-hydrogen) atoms. The van der Waals surface area contributed by atoms with Gasteiger partial charge in [-0.1, -0.05) is 13.8 Å². The van der Waals surface area contributed by atoms with Gasteiger partial charge in [-0.05, 0) is 19.0 Å². The van der Waals surface area contributed by atoms with Gasteiger partial charge in [-0.25, -0.2) is 0 Å². The molecule has 0 spiro atoms. The van der Waals surface area contributed by atoms with Gasteiger partial charge in [-0.3, -0.25) is 9.69 Å². The van der Waals surface area contributed by atoms with E-state index in [9.17, 15) is 4.79 Å². The van der Waals surface area contributed by atoms with Crippen LogP contribution in [0.25, 0.3) is 0 Å². The Morgan fingerprint density at radius 1 is 1.50 bits per heavy atom. The van der Waals surface area contributed by atoms with Crippen LogP contribution in [0.1, 0.15) is 13.8 Å². The molecular formula is C11H25N3O2. The molecule has 0 radical (unpaired) electrons. The van der Waals surface area contributed by atoms with Crippen LogP contribution in [0.2, 0.25) is 0 Å². The van der Waals surface area contributed by atoms with Gasteiger partial charge in [0.05, 0.1) is 13.2 Å². The van der Waals surface area contributed by atoms with Crippen LogP contribution in [0, 0.1) is 5.41 Å². The van der Waals surface area contributed by atoms with Crippen LogP contribution in [-0.4, -0.2) is 57.8 Å². The fraction of sp³-hybridized carbons (Fsp3) is 0.909. The number of amides is 1. The van der Waals surface area contributed by atoms with Crippen LogP contribution in [0.15, 0.2) is 0 Å². The Morgan fingerprint density at radius 3 is 2.62 bits per heavy atom. The van der Waals surface area contributed by atoms with Crippen molar-refractivity contribution in [3.8, 4) is 0 Å². The molecule has 0 heterocycles. The maximum Gasteiger partial charge on any atom is 0.234 e. The fourth-order valence-electron chi connectivity index (χ4n) is 1.44. The third-order valence-corrected chi connectivity index (χ3v) is 2.29. The summed E-state index contributed by atoms with van der Waals surface area (Å²) in [4.78, 5) is 13.4. The lowest BCUT2D eigenvalue weighted by Crippen LogP contribution is -2.42. The number of methoxy groups -OCH3 is 1. The maximum atomic E-state index is 11.5. The second-order valence-electron chi connectivity index (χ2n) is 4.88. The van der Waals surface area contributed by atoms with Gasteiger partial charge in [0.15, 0.2) is 0 Å². The third-order valence-electron chi connectivity index (χ3n) is 2.29. The molecule has 0 rings (SSSR count). The molecule has 5 heteroatoms. The number of ether oxygens (including phenoxy) is 1. The second kappa shape index (κ2) is 7.60. The highest BCUT2D eigenvalue weighted by Crippen LogP contribution is 2.13. The molecule has 0 fully saturated rings. The minimum Gasteiger partial charge on any atom is -0.383 e. The Labute approximate surface area is 98.3 Å². The molecule has 0 aliphatic carbocycles. The third kappa shape index (κ3) is 7.62. The number of likely N-dealkylation sites (N-methyl/N-ethyl adjacent to an activating group) is 1. The Kier molecular flexibility index (Phi) is 7.29. The average molecular weight is 231 g/mol. The summed E-state index contributed by atoms with van der Waals surface area (Å²) < 4.78 is 4.85. The minimum atomic E-state index is 0.0207. The fourth-order valence-corrected chi connectivity index (χ4v) is 1.44. The van der Waals surface area contributed by atoms with E-state index in [4.69, 9.17) is 10.5 Å². The zero-order chi connectivity index (χ0) is 12.6. The molecule has 5 nitrogen and oxygen atoms in total. The van der Waals surface area contributed by atoms with Gasteiger partial charge in [0.2, 0.25) is 5.91 Å². The van der Waals surface area contributed by atoms with Crippen molar-refractivity contribution in [1.29, 1.82) is 0 Å². The number of rotatable bonds is 8. The van der Waals surface area contributed by atoms with E-state index >= 15 is 0 Å². The number of hydrogen-bond donors (Lipinski definition) is 2. The molecule has 0 aliphatic rings.